The Morgan fingerprint density at radius 1 is 1.12 bits per heavy atom. The van der Waals surface area contributed by atoms with E-state index in [9.17, 15) is 13.2 Å². The molecule has 1 heterocycles. The van der Waals surface area contributed by atoms with Gasteiger partial charge in [-0.25, -0.2) is 8.42 Å². The third-order valence-electron chi connectivity index (χ3n) is 4.78. The number of thiazole rings is 1. The summed E-state index contributed by atoms with van der Waals surface area (Å²) in [4.78, 5) is 17.3. The summed E-state index contributed by atoms with van der Waals surface area (Å²) in [7, 11) is -3.93. The molecule has 0 saturated carbocycles. The van der Waals surface area contributed by atoms with Gasteiger partial charge in [-0.15, -0.1) is 6.42 Å². The molecular formula is C23H18ClN5O3S2. The number of sulfonamides is 1. The van der Waals surface area contributed by atoms with Gasteiger partial charge in [0.1, 0.15) is 0 Å². The van der Waals surface area contributed by atoms with Crippen LogP contribution in [0.1, 0.15) is 23.2 Å². The van der Waals surface area contributed by atoms with Crippen LogP contribution in [0.4, 0.5) is 0 Å². The van der Waals surface area contributed by atoms with Crippen LogP contribution in [0, 0.1) is 35.0 Å². The molecule has 0 aliphatic heterocycles. The molecule has 0 fully saturated rings. The zero-order chi connectivity index (χ0) is 24.7. The van der Waals surface area contributed by atoms with E-state index in [-0.39, 0.29) is 42.9 Å². The third kappa shape index (κ3) is 5.36. The van der Waals surface area contributed by atoms with Gasteiger partial charge in [0.2, 0.25) is 10.0 Å². The summed E-state index contributed by atoms with van der Waals surface area (Å²) >= 11 is 7.58. The zero-order valence-electron chi connectivity index (χ0n) is 17.8. The first-order chi connectivity index (χ1) is 16.3. The van der Waals surface area contributed by atoms with Gasteiger partial charge in [0.05, 0.1) is 38.8 Å². The number of halogens is 1. The smallest absolute Gasteiger partial charge is 0.279 e. The molecule has 0 aliphatic rings. The lowest BCUT2D eigenvalue weighted by Gasteiger charge is -2.20. The van der Waals surface area contributed by atoms with E-state index in [1.54, 1.807) is 16.7 Å². The van der Waals surface area contributed by atoms with Crippen molar-refractivity contribution in [3.8, 4) is 24.5 Å². The molecule has 0 bridgehead atoms. The second-order valence-corrected chi connectivity index (χ2v) is 10.3. The number of hydrogen-bond acceptors (Lipinski definition) is 6. The Labute approximate surface area is 206 Å². The Kier molecular flexibility index (Phi) is 8.22. The van der Waals surface area contributed by atoms with Crippen molar-refractivity contribution < 1.29 is 13.2 Å². The first-order valence-corrected chi connectivity index (χ1v) is 12.6. The van der Waals surface area contributed by atoms with Crippen LogP contribution in [0.5, 0.6) is 0 Å². The van der Waals surface area contributed by atoms with E-state index in [1.165, 1.54) is 35.6 Å². The van der Waals surface area contributed by atoms with Gasteiger partial charge in [-0.3, -0.25) is 4.79 Å². The molecule has 1 aromatic heterocycles. The van der Waals surface area contributed by atoms with Gasteiger partial charge < -0.3 is 4.57 Å². The largest absolute Gasteiger partial charge is 0.303 e. The van der Waals surface area contributed by atoms with Crippen LogP contribution in [0.25, 0.3) is 10.2 Å². The number of terminal acetylenes is 1. The summed E-state index contributed by atoms with van der Waals surface area (Å²) in [5.74, 6) is 1.97. The molecule has 172 valence electrons. The lowest BCUT2D eigenvalue weighted by Crippen LogP contribution is -2.32. The van der Waals surface area contributed by atoms with Gasteiger partial charge in [-0.1, -0.05) is 34.9 Å². The maximum absolute atomic E-state index is 12.9. The minimum atomic E-state index is -3.93. The topological polar surface area (TPSA) is 119 Å². The van der Waals surface area contributed by atoms with E-state index in [1.807, 2.05) is 18.2 Å². The quantitative estimate of drug-likeness (QED) is 0.428. The fraction of sp³-hybridized carbons (Fsp3) is 0.217. The highest BCUT2D eigenvalue weighted by Crippen LogP contribution is 2.25. The number of hydrogen-bond donors (Lipinski definition) is 0. The number of nitriles is 2. The Balaban J connectivity index is 1.94. The van der Waals surface area contributed by atoms with Crippen molar-refractivity contribution in [2.45, 2.75) is 24.3 Å². The Morgan fingerprint density at radius 3 is 2.35 bits per heavy atom. The van der Waals surface area contributed by atoms with E-state index in [0.717, 1.165) is 9.01 Å². The normalized spacial score (nSPS) is 11.8. The summed E-state index contributed by atoms with van der Waals surface area (Å²) in [5, 5.41) is 18.1. The van der Waals surface area contributed by atoms with Crippen molar-refractivity contribution >= 4 is 49.1 Å². The van der Waals surface area contributed by atoms with Gasteiger partial charge >= 0.3 is 0 Å². The Hall–Kier alpha value is -3.46. The first kappa shape index (κ1) is 25.2. The van der Waals surface area contributed by atoms with Gasteiger partial charge in [-0.05, 0) is 36.4 Å². The molecule has 11 heteroatoms. The predicted octanol–water partition coefficient (Wildman–Crippen LogP) is 3.55. The van der Waals surface area contributed by atoms with Crippen molar-refractivity contribution in [3.63, 3.8) is 0 Å². The maximum atomic E-state index is 12.9. The molecule has 0 unspecified atom stereocenters. The van der Waals surface area contributed by atoms with Crippen molar-refractivity contribution in [3.05, 3.63) is 57.9 Å². The minimum Gasteiger partial charge on any atom is -0.303 e. The monoisotopic (exact) mass is 511 g/mol. The number of rotatable bonds is 8. The predicted molar refractivity (Wildman–Crippen MR) is 129 cm³/mol. The van der Waals surface area contributed by atoms with Gasteiger partial charge in [0.15, 0.2) is 4.80 Å². The number of amides is 1. The van der Waals surface area contributed by atoms with Crippen molar-refractivity contribution in [2.75, 3.05) is 13.1 Å². The number of carbonyl (C=O) groups excluding carboxylic acids is 1. The van der Waals surface area contributed by atoms with Crippen LogP contribution in [-0.2, 0) is 16.6 Å². The molecule has 0 aliphatic carbocycles. The van der Waals surface area contributed by atoms with Gasteiger partial charge in [-0.2, -0.15) is 19.8 Å². The SMILES string of the molecule is C#CCn1c(=NC(=O)c2ccc(S(=O)(=O)N(CCC#N)CCC#N)cc2)sc2cccc(Cl)c21. The molecule has 34 heavy (non-hydrogen) atoms. The van der Waals surface area contributed by atoms with Crippen molar-refractivity contribution in [1.82, 2.24) is 8.87 Å². The standard InChI is InChI=1S/C23H18ClN5O3S2/c1-2-14-29-21-19(24)6-3-7-20(21)33-23(29)27-22(30)17-8-10-18(11-9-17)34(31,32)28(15-4-12-25)16-5-13-26/h1,3,6-11H,4-5,14-16H2. The van der Waals surface area contributed by atoms with Crippen LogP contribution in [0.2, 0.25) is 5.02 Å². The van der Waals surface area contributed by atoms with Gasteiger partial charge in [0.25, 0.3) is 5.91 Å². The van der Waals surface area contributed by atoms with Crippen molar-refractivity contribution in [1.29, 1.82) is 10.5 Å². The van der Waals surface area contributed by atoms with E-state index in [4.69, 9.17) is 28.5 Å². The Bertz CT molecular complexity index is 1500. The third-order valence-corrected chi connectivity index (χ3v) is 8.04. The van der Waals surface area contributed by atoms with Crippen LogP contribution in [0.15, 0.2) is 52.4 Å². The molecule has 0 spiro atoms. The summed E-state index contributed by atoms with van der Waals surface area (Å²) in [6, 6.07) is 14.5. The summed E-state index contributed by atoms with van der Waals surface area (Å²) in [6.07, 6.45) is 5.48. The molecular weight excluding hydrogens is 494 g/mol. The Morgan fingerprint density at radius 2 is 1.76 bits per heavy atom. The number of aromatic nitrogens is 1. The molecule has 3 rings (SSSR count). The van der Waals surface area contributed by atoms with E-state index < -0.39 is 15.9 Å². The second-order valence-electron chi connectivity index (χ2n) is 6.92. The number of carbonyl (C=O) groups is 1. The van der Waals surface area contributed by atoms with Crippen LogP contribution in [0.3, 0.4) is 0 Å². The maximum Gasteiger partial charge on any atom is 0.279 e. The van der Waals surface area contributed by atoms with Crippen molar-refractivity contribution in [2.24, 2.45) is 4.99 Å². The summed E-state index contributed by atoms with van der Waals surface area (Å²) in [5.41, 5.74) is 0.880. The first-order valence-electron chi connectivity index (χ1n) is 9.98. The molecule has 0 saturated heterocycles. The van der Waals surface area contributed by atoms with E-state index in [0.29, 0.717) is 15.3 Å². The average Bonchev–Trinajstić information content (AvgIpc) is 3.17. The lowest BCUT2D eigenvalue weighted by molar-refractivity contribution is 0.0998. The molecule has 0 atom stereocenters. The molecule has 0 N–H and O–H groups in total. The molecule has 2 aromatic carbocycles. The fourth-order valence-electron chi connectivity index (χ4n) is 3.18. The highest BCUT2D eigenvalue weighted by molar-refractivity contribution is 7.89. The molecule has 1 amide bonds. The summed E-state index contributed by atoms with van der Waals surface area (Å²) < 4.78 is 29.5. The number of benzene rings is 2. The second kappa shape index (κ2) is 11.1. The lowest BCUT2D eigenvalue weighted by atomic mass is 10.2. The van der Waals surface area contributed by atoms with Gasteiger partial charge in [0, 0.05) is 31.5 Å². The minimum absolute atomic E-state index is 0.00303. The fourth-order valence-corrected chi connectivity index (χ4v) is 6.01. The van der Waals surface area contributed by atoms with E-state index >= 15 is 0 Å². The summed E-state index contributed by atoms with van der Waals surface area (Å²) in [6.45, 7) is 0.120. The number of nitrogens with zero attached hydrogens (tertiary/aromatic N) is 5. The highest BCUT2D eigenvalue weighted by atomic mass is 35.5. The highest BCUT2D eigenvalue weighted by Gasteiger charge is 2.24. The van der Waals surface area contributed by atoms with Crippen LogP contribution < -0.4 is 4.80 Å². The molecule has 3 aromatic rings. The number of para-hydroxylation sites is 1. The molecule has 0 radical (unpaired) electrons. The van der Waals surface area contributed by atoms with Crippen LogP contribution in [-0.4, -0.2) is 36.3 Å². The molecule has 8 nitrogen and oxygen atoms in total. The van der Waals surface area contributed by atoms with Crippen LogP contribution >= 0.6 is 22.9 Å². The zero-order valence-corrected chi connectivity index (χ0v) is 20.2. The average molecular weight is 512 g/mol. The van der Waals surface area contributed by atoms with E-state index in [2.05, 4.69) is 10.9 Å². The number of fused-ring (bicyclic) bond motifs is 1.